The molecular weight excluding hydrogens is 263 g/mol. The second kappa shape index (κ2) is 4.45. The van der Waals surface area contributed by atoms with Crippen molar-refractivity contribution in [3.63, 3.8) is 0 Å². The van der Waals surface area contributed by atoms with E-state index in [-0.39, 0.29) is 29.2 Å². The highest BCUT2D eigenvalue weighted by molar-refractivity contribution is 6.31. The van der Waals surface area contributed by atoms with Crippen molar-refractivity contribution in [3.05, 3.63) is 28.8 Å². The first-order chi connectivity index (χ1) is 8.42. The Balaban J connectivity index is 1.99. The topological polar surface area (TPSA) is 78.4 Å². The Morgan fingerprint density at radius 1 is 1.33 bits per heavy atom. The van der Waals surface area contributed by atoms with E-state index >= 15 is 0 Å². The molecule has 2 amide bonds. The molecule has 0 bridgehead atoms. The SMILES string of the molecule is O=C(NNC(=O)C1(F)CC1)c1cc(Cl)ccc1O. The predicted molar refractivity (Wildman–Crippen MR) is 61.8 cm³/mol. The highest BCUT2D eigenvalue weighted by Gasteiger charge is 2.51. The molecule has 1 saturated carbocycles. The molecule has 1 aliphatic carbocycles. The summed E-state index contributed by atoms with van der Waals surface area (Å²) in [5, 5.41) is 9.69. The van der Waals surface area contributed by atoms with E-state index in [1.165, 1.54) is 18.2 Å². The average molecular weight is 273 g/mol. The highest BCUT2D eigenvalue weighted by atomic mass is 35.5. The fourth-order valence-corrected chi connectivity index (χ4v) is 1.49. The molecule has 0 heterocycles. The number of phenols is 1. The van der Waals surface area contributed by atoms with Crippen LogP contribution in [-0.2, 0) is 4.79 Å². The molecule has 18 heavy (non-hydrogen) atoms. The number of carbonyl (C=O) groups is 2. The molecule has 0 radical (unpaired) electrons. The number of hydrogen-bond acceptors (Lipinski definition) is 3. The molecule has 7 heteroatoms. The summed E-state index contributed by atoms with van der Waals surface area (Å²) in [5.74, 6) is -1.95. The Kier molecular flexibility index (Phi) is 3.13. The summed E-state index contributed by atoms with van der Waals surface area (Å²) in [6, 6.07) is 3.89. The third-order valence-electron chi connectivity index (χ3n) is 2.59. The van der Waals surface area contributed by atoms with Crippen LogP contribution in [0.4, 0.5) is 4.39 Å². The fraction of sp³-hybridized carbons (Fsp3) is 0.273. The van der Waals surface area contributed by atoms with Crippen molar-refractivity contribution >= 4 is 23.4 Å². The molecule has 0 unspecified atom stereocenters. The Morgan fingerprint density at radius 3 is 2.61 bits per heavy atom. The lowest BCUT2D eigenvalue weighted by Gasteiger charge is -2.10. The standard InChI is InChI=1S/C11H10ClFN2O3/c12-6-1-2-8(16)7(5-6)9(17)14-15-10(18)11(13)3-4-11/h1-2,5,16H,3-4H2,(H,14,17)(H,15,18). The number of halogens is 2. The molecule has 0 spiro atoms. The molecule has 0 aliphatic heterocycles. The van der Waals surface area contributed by atoms with Crippen molar-refractivity contribution in [3.8, 4) is 5.75 Å². The summed E-state index contributed by atoms with van der Waals surface area (Å²) < 4.78 is 13.3. The lowest BCUT2D eigenvalue weighted by molar-refractivity contribution is -0.128. The number of rotatable bonds is 2. The van der Waals surface area contributed by atoms with E-state index in [4.69, 9.17) is 11.6 Å². The van der Waals surface area contributed by atoms with Crippen LogP contribution in [0.5, 0.6) is 5.75 Å². The van der Waals surface area contributed by atoms with Gasteiger partial charge in [0.05, 0.1) is 5.56 Å². The van der Waals surface area contributed by atoms with Crippen molar-refractivity contribution < 1.29 is 19.1 Å². The first-order valence-corrected chi connectivity index (χ1v) is 5.58. The van der Waals surface area contributed by atoms with Crippen molar-refractivity contribution in [2.45, 2.75) is 18.5 Å². The molecule has 1 aromatic rings. The van der Waals surface area contributed by atoms with Gasteiger partial charge in [-0.1, -0.05) is 11.6 Å². The van der Waals surface area contributed by atoms with Crippen LogP contribution in [0.1, 0.15) is 23.2 Å². The third kappa shape index (κ3) is 2.53. The molecule has 3 N–H and O–H groups in total. The van der Waals surface area contributed by atoms with Crippen LogP contribution < -0.4 is 10.9 Å². The van der Waals surface area contributed by atoms with E-state index < -0.39 is 17.5 Å². The van der Waals surface area contributed by atoms with Crippen LogP contribution in [0.2, 0.25) is 5.02 Å². The van der Waals surface area contributed by atoms with Crippen molar-refractivity contribution in [1.29, 1.82) is 0 Å². The van der Waals surface area contributed by atoms with E-state index in [1.54, 1.807) is 0 Å². The largest absolute Gasteiger partial charge is 0.507 e. The Bertz CT molecular complexity index is 517. The molecule has 5 nitrogen and oxygen atoms in total. The van der Waals surface area contributed by atoms with Gasteiger partial charge in [-0.15, -0.1) is 0 Å². The molecule has 0 atom stereocenters. The lowest BCUT2D eigenvalue weighted by Crippen LogP contribution is -2.46. The summed E-state index contributed by atoms with van der Waals surface area (Å²) in [6.45, 7) is 0. The van der Waals surface area contributed by atoms with Crippen molar-refractivity contribution in [2.75, 3.05) is 0 Å². The molecule has 1 aromatic carbocycles. The minimum atomic E-state index is -1.87. The van der Waals surface area contributed by atoms with Gasteiger partial charge in [0, 0.05) is 5.02 Å². The third-order valence-corrected chi connectivity index (χ3v) is 2.82. The summed E-state index contributed by atoms with van der Waals surface area (Å²) in [5.41, 5.74) is 2.00. The molecule has 1 fully saturated rings. The molecule has 2 rings (SSSR count). The van der Waals surface area contributed by atoms with Crippen LogP contribution in [0.3, 0.4) is 0 Å². The van der Waals surface area contributed by atoms with Gasteiger partial charge in [-0.3, -0.25) is 20.4 Å². The number of benzene rings is 1. The average Bonchev–Trinajstić information content (AvgIpc) is 3.08. The highest BCUT2D eigenvalue weighted by Crippen LogP contribution is 2.39. The van der Waals surface area contributed by atoms with Gasteiger partial charge in [-0.25, -0.2) is 4.39 Å². The molecule has 1 aliphatic rings. The molecule has 96 valence electrons. The van der Waals surface area contributed by atoms with Crippen LogP contribution in [0, 0.1) is 0 Å². The number of nitrogens with one attached hydrogen (secondary N) is 2. The lowest BCUT2D eigenvalue weighted by atomic mass is 10.2. The van der Waals surface area contributed by atoms with E-state index in [2.05, 4.69) is 0 Å². The summed E-state index contributed by atoms with van der Waals surface area (Å²) in [7, 11) is 0. The number of carbonyl (C=O) groups excluding carboxylic acids is 2. The van der Waals surface area contributed by atoms with Gasteiger partial charge in [-0.05, 0) is 31.0 Å². The number of amides is 2. The Hall–Kier alpha value is -1.82. The number of alkyl halides is 1. The second-order valence-corrected chi connectivity index (χ2v) is 4.47. The summed E-state index contributed by atoms with van der Waals surface area (Å²) >= 11 is 5.67. The minimum absolute atomic E-state index is 0.105. The number of hydrogen-bond donors (Lipinski definition) is 3. The van der Waals surface area contributed by atoms with Gasteiger partial charge >= 0.3 is 0 Å². The number of hydrazine groups is 1. The minimum Gasteiger partial charge on any atom is -0.507 e. The van der Waals surface area contributed by atoms with Crippen molar-refractivity contribution in [2.24, 2.45) is 0 Å². The number of aromatic hydroxyl groups is 1. The Morgan fingerprint density at radius 2 is 2.00 bits per heavy atom. The van der Waals surface area contributed by atoms with Crippen molar-refractivity contribution in [1.82, 2.24) is 10.9 Å². The quantitative estimate of drug-likeness (QED) is 0.710. The maximum Gasteiger partial charge on any atom is 0.276 e. The van der Waals surface area contributed by atoms with Gasteiger partial charge in [0.15, 0.2) is 5.67 Å². The summed E-state index contributed by atoms with van der Waals surface area (Å²) in [4.78, 5) is 22.8. The van der Waals surface area contributed by atoms with Crippen LogP contribution in [-0.4, -0.2) is 22.6 Å². The summed E-state index contributed by atoms with van der Waals surface area (Å²) in [6.07, 6.45) is 0.300. The van der Waals surface area contributed by atoms with Crippen LogP contribution in [0.15, 0.2) is 18.2 Å². The van der Waals surface area contributed by atoms with Gasteiger partial charge < -0.3 is 5.11 Å². The smallest absolute Gasteiger partial charge is 0.276 e. The normalized spacial score (nSPS) is 15.9. The maximum absolute atomic E-state index is 13.3. The monoisotopic (exact) mass is 272 g/mol. The predicted octanol–water partition coefficient (Wildman–Crippen LogP) is 1.31. The van der Waals surface area contributed by atoms with E-state index in [9.17, 15) is 19.1 Å². The first kappa shape index (κ1) is 12.6. The molecule has 0 aromatic heterocycles. The maximum atomic E-state index is 13.3. The molecular formula is C11H10ClFN2O3. The second-order valence-electron chi connectivity index (χ2n) is 4.04. The molecule has 0 saturated heterocycles. The van der Waals surface area contributed by atoms with Gasteiger partial charge in [0.1, 0.15) is 5.75 Å². The zero-order chi connectivity index (χ0) is 13.3. The van der Waals surface area contributed by atoms with Crippen LogP contribution >= 0.6 is 11.6 Å². The van der Waals surface area contributed by atoms with Crippen LogP contribution in [0.25, 0.3) is 0 Å². The van der Waals surface area contributed by atoms with E-state index in [0.29, 0.717) is 0 Å². The van der Waals surface area contributed by atoms with Gasteiger partial charge in [0.2, 0.25) is 0 Å². The first-order valence-electron chi connectivity index (χ1n) is 5.20. The zero-order valence-electron chi connectivity index (χ0n) is 9.17. The van der Waals surface area contributed by atoms with E-state index in [1.807, 2.05) is 10.9 Å². The number of phenolic OH excluding ortho intramolecular Hbond substituents is 1. The van der Waals surface area contributed by atoms with Gasteiger partial charge in [0.25, 0.3) is 11.8 Å². The van der Waals surface area contributed by atoms with E-state index in [0.717, 1.165) is 0 Å². The fourth-order valence-electron chi connectivity index (χ4n) is 1.32. The van der Waals surface area contributed by atoms with Gasteiger partial charge in [-0.2, -0.15) is 0 Å². The Labute approximate surface area is 107 Å². The zero-order valence-corrected chi connectivity index (χ0v) is 9.92.